The lowest BCUT2D eigenvalue weighted by atomic mass is 9.97. The first kappa shape index (κ1) is 21.2. The van der Waals surface area contributed by atoms with Crippen molar-refractivity contribution < 1.29 is 0 Å². The summed E-state index contributed by atoms with van der Waals surface area (Å²) in [5.41, 5.74) is 2.10. The second-order valence-electron chi connectivity index (χ2n) is 10.5. The lowest BCUT2D eigenvalue weighted by molar-refractivity contribution is 0.836. The molecule has 0 aromatic heterocycles. The molecule has 162 valence electrons. The van der Waals surface area contributed by atoms with E-state index in [2.05, 4.69) is 120 Å². The van der Waals surface area contributed by atoms with Gasteiger partial charge in [-0.05, 0) is 96.1 Å². The average molecular weight is 435 g/mol. The maximum absolute atomic E-state index is 2.49. The number of rotatable bonds is 4. The van der Waals surface area contributed by atoms with E-state index in [0.29, 0.717) is 16.6 Å². The van der Waals surface area contributed by atoms with E-state index in [4.69, 9.17) is 0 Å². The van der Waals surface area contributed by atoms with Crippen LogP contribution < -0.4 is 5.19 Å². The zero-order chi connectivity index (χ0) is 22.6. The van der Waals surface area contributed by atoms with Crippen LogP contribution in [0.5, 0.6) is 0 Å². The maximum atomic E-state index is 2.49. The summed E-state index contributed by atoms with van der Waals surface area (Å²) in [7, 11) is -1.75. The second-order valence-corrected chi connectivity index (χ2v) is 16.4. The van der Waals surface area contributed by atoms with Crippen LogP contribution in [0.3, 0.4) is 0 Å². The van der Waals surface area contributed by atoms with Crippen molar-refractivity contribution in [2.24, 2.45) is 0 Å². The smallest absolute Gasteiger partial charge is 0.0648 e. The Morgan fingerprint density at radius 3 is 1.34 bits per heavy atom. The molecular weight excluding hydrogens is 400 g/mol. The van der Waals surface area contributed by atoms with Crippen molar-refractivity contribution in [3.8, 4) is 0 Å². The molecule has 0 atom stereocenters. The fourth-order valence-corrected chi connectivity index (χ4v) is 13.7. The van der Waals surface area contributed by atoms with Gasteiger partial charge in [-0.2, -0.15) is 0 Å². The first-order valence-electron chi connectivity index (χ1n) is 12.1. The van der Waals surface area contributed by atoms with E-state index in [1.165, 1.54) is 43.1 Å². The van der Waals surface area contributed by atoms with Crippen LogP contribution in [0.2, 0.25) is 16.6 Å². The van der Waals surface area contributed by atoms with Gasteiger partial charge >= 0.3 is 0 Å². The van der Waals surface area contributed by atoms with Crippen LogP contribution in [-0.2, 0) is 0 Å². The summed E-state index contributed by atoms with van der Waals surface area (Å²) in [6.45, 7) is 14.8. The fourth-order valence-electron chi connectivity index (χ4n) is 6.78. The predicted octanol–water partition coefficient (Wildman–Crippen LogP) is 9.19. The third-order valence-corrected chi connectivity index (χ3v) is 15.1. The van der Waals surface area contributed by atoms with Crippen molar-refractivity contribution >= 4 is 56.4 Å². The first-order valence-corrected chi connectivity index (χ1v) is 14.3. The summed E-state index contributed by atoms with van der Waals surface area (Å²) < 4.78 is 0. The summed E-state index contributed by atoms with van der Waals surface area (Å²) >= 11 is 0. The quantitative estimate of drug-likeness (QED) is 0.195. The molecule has 0 aliphatic heterocycles. The Labute approximate surface area is 193 Å². The molecule has 0 fully saturated rings. The third kappa shape index (κ3) is 3.10. The highest BCUT2D eigenvalue weighted by molar-refractivity contribution is 6.96. The van der Waals surface area contributed by atoms with Crippen molar-refractivity contribution in [3.63, 3.8) is 0 Å². The average Bonchev–Trinajstić information content (AvgIpc) is 2.74. The molecule has 32 heavy (non-hydrogen) atoms. The van der Waals surface area contributed by atoms with Gasteiger partial charge < -0.3 is 0 Å². The molecule has 0 amide bonds. The van der Waals surface area contributed by atoms with Crippen molar-refractivity contribution in [1.82, 2.24) is 0 Å². The molecule has 0 aliphatic rings. The van der Waals surface area contributed by atoms with Gasteiger partial charge in [0.1, 0.15) is 0 Å². The van der Waals surface area contributed by atoms with E-state index in [1.54, 1.807) is 5.19 Å². The van der Waals surface area contributed by atoms with Gasteiger partial charge in [0.15, 0.2) is 0 Å². The van der Waals surface area contributed by atoms with Crippen LogP contribution in [-0.4, -0.2) is 8.07 Å². The van der Waals surface area contributed by atoms with Gasteiger partial charge in [0.05, 0.1) is 8.07 Å². The summed E-state index contributed by atoms with van der Waals surface area (Å²) in [4.78, 5) is 0. The molecular formula is C31H34Si. The minimum Gasteiger partial charge on any atom is -0.0648 e. The largest absolute Gasteiger partial charge is 0.0950 e. The highest BCUT2D eigenvalue weighted by Crippen LogP contribution is 2.42. The highest BCUT2D eigenvalue weighted by atomic mass is 28.3. The van der Waals surface area contributed by atoms with Crippen LogP contribution in [0.1, 0.15) is 41.5 Å². The Kier molecular flexibility index (Phi) is 5.13. The maximum Gasteiger partial charge on any atom is 0.0950 e. The zero-order valence-corrected chi connectivity index (χ0v) is 21.2. The van der Waals surface area contributed by atoms with Gasteiger partial charge in [-0.25, -0.2) is 0 Å². The summed E-state index contributed by atoms with van der Waals surface area (Å²) in [5, 5.41) is 12.5. The van der Waals surface area contributed by atoms with E-state index < -0.39 is 8.07 Å². The normalized spacial score (nSPS) is 12.9. The number of hydrogen-bond donors (Lipinski definition) is 0. The molecule has 5 aromatic carbocycles. The van der Waals surface area contributed by atoms with Gasteiger partial charge in [-0.15, -0.1) is 0 Å². The molecule has 5 aromatic rings. The van der Waals surface area contributed by atoms with E-state index in [9.17, 15) is 0 Å². The molecule has 0 saturated heterocycles. The van der Waals surface area contributed by atoms with Crippen molar-refractivity contribution in [2.75, 3.05) is 0 Å². The van der Waals surface area contributed by atoms with Crippen molar-refractivity contribution in [1.29, 1.82) is 0 Å². The molecule has 5 rings (SSSR count). The highest BCUT2D eigenvalue weighted by Gasteiger charge is 2.45. The minimum atomic E-state index is -1.75. The van der Waals surface area contributed by atoms with E-state index in [1.807, 2.05) is 0 Å². The molecule has 0 spiro atoms. The number of benzene rings is 5. The molecule has 0 saturated carbocycles. The van der Waals surface area contributed by atoms with E-state index in [0.717, 1.165) is 0 Å². The summed E-state index contributed by atoms with van der Waals surface area (Å²) in [6, 6.07) is 30.1. The van der Waals surface area contributed by atoms with Gasteiger partial charge in [-0.1, -0.05) is 89.2 Å². The Balaban J connectivity index is 1.84. The van der Waals surface area contributed by atoms with Crippen LogP contribution in [0.15, 0.2) is 78.9 Å². The van der Waals surface area contributed by atoms with Gasteiger partial charge in [0.25, 0.3) is 0 Å². The topological polar surface area (TPSA) is 0 Å². The Morgan fingerprint density at radius 1 is 0.438 bits per heavy atom. The third-order valence-electron chi connectivity index (χ3n) is 7.99. The lowest BCUT2D eigenvalue weighted by Crippen LogP contribution is -2.55. The number of hydrogen-bond acceptors (Lipinski definition) is 0. The van der Waals surface area contributed by atoms with Crippen molar-refractivity contribution in [2.45, 2.75) is 58.2 Å². The monoisotopic (exact) mass is 434 g/mol. The van der Waals surface area contributed by atoms with Crippen LogP contribution in [0.25, 0.3) is 43.1 Å². The lowest BCUT2D eigenvalue weighted by Gasteiger charge is -2.44. The second kappa shape index (κ2) is 7.74. The predicted molar refractivity (Wildman–Crippen MR) is 147 cm³/mol. The van der Waals surface area contributed by atoms with Crippen LogP contribution in [0.4, 0.5) is 0 Å². The Bertz CT molecular complexity index is 1430. The molecule has 0 heterocycles. The SMILES string of the molecule is CC(C)[Si](c1cccc2cc3cc4cc5ccccc5cc4cc3cc12)(C(C)C)C(C)C. The summed E-state index contributed by atoms with van der Waals surface area (Å²) in [5.74, 6) is 0. The molecule has 0 aliphatic carbocycles. The number of fused-ring (bicyclic) bond motifs is 4. The molecule has 0 unspecified atom stereocenters. The Morgan fingerprint density at radius 2 is 0.844 bits per heavy atom. The van der Waals surface area contributed by atoms with Crippen molar-refractivity contribution in [3.05, 3.63) is 78.9 Å². The molecule has 1 heteroatoms. The minimum absolute atomic E-state index is 0.701. The molecule has 0 nitrogen and oxygen atoms in total. The zero-order valence-electron chi connectivity index (χ0n) is 20.2. The van der Waals surface area contributed by atoms with Crippen LogP contribution in [0, 0.1) is 0 Å². The fraction of sp³-hybridized carbons (Fsp3) is 0.290. The molecule has 0 radical (unpaired) electrons. The van der Waals surface area contributed by atoms with Crippen LogP contribution >= 0.6 is 0 Å². The van der Waals surface area contributed by atoms with E-state index in [-0.39, 0.29) is 0 Å². The van der Waals surface area contributed by atoms with Gasteiger partial charge in [0.2, 0.25) is 0 Å². The van der Waals surface area contributed by atoms with E-state index >= 15 is 0 Å². The summed E-state index contributed by atoms with van der Waals surface area (Å²) in [6.07, 6.45) is 0. The molecule has 0 N–H and O–H groups in total. The first-order chi connectivity index (χ1) is 15.3. The van der Waals surface area contributed by atoms with Gasteiger partial charge in [-0.3, -0.25) is 0 Å². The standard InChI is InChI=1S/C31H34Si/c1-20(2)32(21(3)4,22(5)6)31-13-9-12-25-16-28-17-26-14-23-10-7-8-11-24(23)15-27(26)18-29(28)19-30(25)31/h7-22H,1-6H3. The Hall–Kier alpha value is -2.64. The van der Waals surface area contributed by atoms with Gasteiger partial charge in [0, 0.05) is 0 Å². The molecule has 0 bridgehead atoms.